The Labute approximate surface area is 80.6 Å². The van der Waals surface area contributed by atoms with Crippen molar-refractivity contribution in [1.29, 1.82) is 0 Å². The Balaban J connectivity index is 2.33. The van der Waals surface area contributed by atoms with E-state index in [9.17, 15) is 5.11 Å². The van der Waals surface area contributed by atoms with E-state index in [1.54, 1.807) is 12.3 Å². The molecule has 14 heavy (non-hydrogen) atoms. The standard InChI is InChI=1S/C9H11N3O2/c10-2-1-8(13)6-3-7-9(11-4-6)14-5-12-7/h3-5,8,13H,1-2,10H2. The van der Waals surface area contributed by atoms with E-state index in [1.807, 2.05) is 0 Å². The molecule has 1 atom stereocenters. The van der Waals surface area contributed by atoms with E-state index in [1.165, 1.54) is 6.39 Å². The molecule has 1 unspecified atom stereocenters. The van der Waals surface area contributed by atoms with Crippen molar-refractivity contribution in [2.45, 2.75) is 12.5 Å². The molecule has 0 aliphatic carbocycles. The van der Waals surface area contributed by atoms with Gasteiger partial charge in [0.25, 0.3) is 0 Å². The molecule has 2 rings (SSSR count). The summed E-state index contributed by atoms with van der Waals surface area (Å²) in [6.07, 6.45) is 2.85. The highest BCUT2D eigenvalue weighted by Crippen LogP contribution is 2.18. The van der Waals surface area contributed by atoms with E-state index in [4.69, 9.17) is 10.2 Å². The van der Waals surface area contributed by atoms with Crippen LogP contribution in [0.25, 0.3) is 11.2 Å². The van der Waals surface area contributed by atoms with Gasteiger partial charge in [-0.1, -0.05) is 0 Å². The van der Waals surface area contributed by atoms with Gasteiger partial charge >= 0.3 is 0 Å². The lowest BCUT2D eigenvalue weighted by atomic mass is 10.1. The molecule has 0 fully saturated rings. The van der Waals surface area contributed by atoms with Crippen molar-refractivity contribution in [2.24, 2.45) is 5.73 Å². The minimum atomic E-state index is -0.575. The third-order valence-electron chi connectivity index (χ3n) is 2.03. The summed E-state index contributed by atoms with van der Waals surface area (Å²) in [6.45, 7) is 0.442. The molecule has 74 valence electrons. The van der Waals surface area contributed by atoms with Gasteiger partial charge in [-0.05, 0) is 19.0 Å². The predicted molar refractivity (Wildman–Crippen MR) is 50.4 cm³/mol. The van der Waals surface area contributed by atoms with Crippen molar-refractivity contribution in [3.05, 3.63) is 24.2 Å². The van der Waals surface area contributed by atoms with Gasteiger partial charge in [0, 0.05) is 11.8 Å². The van der Waals surface area contributed by atoms with Crippen LogP contribution in [-0.2, 0) is 0 Å². The van der Waals surface area contributed by atoms with Crippen molar-refractivity contribution in [2.75, 3.05) is 6.54 Å². The number of hydrogen-bond donors (Lipinski definition) is 2. The fraction of sp³-hybridized carbons (Fsp3) is 0.333. The zero-order valence-electron chi connectivity index (χ0n) is 7.55. The second kappa shape index (κ2) is 3.73. The molecule has 0 aliphatic rings. The van der Waals surface area contributed by atoms with Crippen LogP contribution in [-0.4, -0.2) is 21.6 Å². The second-order valence-electron chi connectivity index (χ2n) is 3.04. The molecule has 5 heteroatoms. The zero-order chi connectivity index (χ0) is 9.97. The van der Waals surface area contributed by atoms with Gasteiger partial charge in [-0.15, -0.1) is 0 Å². The first-order chi connectivity index (χ1) is 6.81. The molecule has 0 aliphatic heterocycles. The van der Waals surface area contributed by atoms with Crippen LogP contribution in [0.15, 0.2) is 23.1 Å². The number of aliphatic hydroxyl groups excluding tert-OH is 1. The lowest BCUT2D eigenvalue weighted by molar-refractivity contribution is 0.170. The molecule has 0 radical (unpaired) electrons. The van der Waals surface area contributed by atoms with Gasteiger partial charge in [0.1, 0.15) is 5.52 Å². The van der Waals surface area contributed by atoms with Crippen LogP contribution >= 0.6 is 0 Å². The quantitative estimate of drug-likeness (QED) is 0.745. The smallest absolute Gasteiger partial charge is 0.246 e. The van der Waals surface area contributed by atoms with Gasteiger partial charge < -0.3 is 15.3 Å². The van der Waals surface area contributed by atoms with Crippen LogP contribution in [0, 0.1) is 0 Å². The maximum Gasteiger partial charge on any atom is 0.246 e. The molecular weight excluding hydrogens is 182 g/mol. The van der Waals surface area contributed by atoms with Gasteiger partial charge in [-0.25, -0.2) is 9.97 Å². The first kappa shape index (κ1) is 9.11. The fourth-order valence-electron chi connectivity index (χ4n) is 1.28. The van der Waals surface area contributed by atoms with Crippen LogP contribution < -0.4 is 5.73 Å². The number of oxazole rings is 1. The van der Waals surface area contributed by atoms with E-state index >= 15 is 0 Å². The Morgan fingerprint density at radius 1 is 1.50 bits per heavy atom. The predicted octanol–water partition coefficient (Wildman–Crippen LogP) is 0.605. The number of pyridine rings is 1. The molecule has 0 amide bonds. The minimum absolute atomic E-state index is 0.442. The third-order valence-corrected chi connectivity index (χ3v) is 2.03. The topological polar surface area (TPSA) is 85.2 Å². The molecule has 0 aromatic carbocycles. The minimum Gasteiger partial charge on any atom is -0.425 e. The average Bonchev–Trinajstić information content (AvgIpc) is 2.64. The third kappa shape index (κ3) is 1.59. The van der Waals surface area contributed by atoms with E-state index in [2.05, 4.69) is 9.97 Å². The Kier molecular flexibility index (Phi) is 2.43. The van der Waals surface area contributed by atoms with E-state index in [-0.39, 0.29) is 0 Å². The summed E-state index contributed by atoms with van der Waals surface area (Å²) in [5.41, 5.74) is 7.20. The molecule has 0 bridgehead atoms. The normalized spacial score (nSPS) is 13.3. The molecule has 2 heterocycles. The summed E-state index contributed by atoms with van der Waals surface area (Å²) in [6, 6.07) is 1.76. The maximum atomic E-state index is 9.64. The largest absolute Gasteiger partial charge is 0.425 e. The highest BCUT2D eigenvalue weighted by molar-refractivity contribution is 5.67. The Morgan fingerprint density at radius 2 is 2.36 bits per heavy atom. The average molecular weight is 193 g/mol. The summed E-state index contributed by atoms with van der Waals surface area (Å²) >= 11 is 0. The van der Waals surface area contributed by atoms with Crippen LogP contribution in [0.4, 0.5) is 0 Å². The SMILES string of the molecule is NCCC(O)c1cnc2ocnc2c1. The summed E-state index contributed by atoms with van der Waals surface area (Å²) < 4.78 is 4.98. The fourth-order valence-corrected chi connectivity index (χ4v) is 1.28. The van der Waals surface area contributed by atoms with E-state index < -0.39 is 6.10 Å². The highest BCUT2D eigenvalue weighted by Gasteiger charge is 2.09. The van der Waals surface area contributed by atoms with Crippen molar-refractivity contribution >= 4 is 11.2 Å². The van der Waals surface area contributed by atoms with E-state index in [0.717, 1.165) is 5.56 Å². The van der Waals surface area contributed by atoms with Crippen LogP contribution in [0.2, 0.25) is 0 Å². The highest BCUT2D eigenvalue weighted by atomic mass is 16.3. The number of aliphatic hydroxyl groups is 1. The van der Waals surface area contributed by atoms with Crippen molar-refractivity contribution < 1.29 is 9.52 Å². The molecule has 0 saturated heterocycles. The first-order valence-electron chi connectivity index (χ1n) is 4.38. The number of nitrogens with two attached hydrogens (primary N) is 1. The van der Waals surface area contributed by atoms with Gasteiger partial charge in [-0.3, -0.25) is 0 Å². The summed E-state index contributed by atoms with van der Waals surface area (Å²) in [5, 5.41) is 9.64. The van der Waals surface area contributed by atoms with Crippen LogP contribution in [0.5, 0.6) is 0 Å². The Morgan fingerprint density at radius 3 is 3.14 bits per heavy atom. The van der Waals surface area contributed by atoms with Gasteiger partial charge in [-0.2, -0.15) is 0 Å². The number of aromatic nitrogens is 2. The van der Waals surface area contributed by atoms with Crippen molar-refractivity contribution in [3.8, 4) is 0 Å². The summed E-state index contributed by atoms with van der Waals surface area (Å²) in [7, 11) is 0. The first-order valence-corrected chi connectivity index (χ1v) is 4.38. The molecule has 2 aromatic rings. The molecule has 0 saturated carbocycles. The van der Waals surface area contributed by atoms with Crippen molar-refractivity contribution in [1.82, 2.24) is 9.97 Å². The summed E-state index contributed by atoms with van der Waals surface area (Å²) in [4.78, 5) is 7.96. The summed E-state index contributed by atoms with van der Waals surface area (Å²) in [5.74, 6) is 0. The van der Waals surface area contributed by atoms with E-state index in [0.29, 0.717) is 24.2 Å². The number of nitrogens with zero attached hydrogens (tertiary/aromatic N) is 2. The Hall–Kier alpha value is -1.46. The molecular formula is C9H11N3O2. The molecule has 2 aromatic heterocycles. The number of rotatable bonds is 3. The van der Waals surface area contributed by atoms with Gasteiger partial charge in [0.2, 0.25) is 5.71 Å². The Bertz CT molecular complexity index is 427. The lowest BCUT2D eigenvalue weighted by Gasteiger charge is -2.07. The molecule has 3 N–H and O–H groups in total. The van der Waals surface area contributed by atoms with Crippen molar-refractivity contribution in [3.63, 3.8) is 0 Å². The molecule has 0 spiro atoms. The van der Waals surface area contributed by atoms with Gasteiger partial charge in [0.05, 0.1) is 6.10 Å². The zero-order valence-corrected chi connectivity index (χ0v) is 7.55. The molecule has 5 nitrogen and oxygen atoms in total. The van der Waals surface area contributed by atoms with Crippen LogP contribution in [0.3, 0.4) is 0 Å². The van der Waals surface area contributed by atoms with Gasteiger partial charge in [0.15, 0.2) is 6.39 Å². The monoisotopic (exact) mass is 193 g/mol. The number of fused-ring (bicyclic) bond motifs is 1. The second-order valence-corrected chi connectivity index (χ2v) is 3.04. The number of hydrogen-bond acceptors (Lipinski definition) is 5. The van der Waals surface area contributed by atoms with Crippen LogP contribution in [0.1, 0.15) is 18.1 Å². The lowest BCUT2D eigenvalue weighted by Crippen LogP contribution is -2.06. The maximum absolute atomic E-state index is 9.64.